The van der Waals surface area contributed by atoms with Gasteiger partial charge in [0.25, 0.3) is 0 Å². The topological polar surface area (TPSA) is 38.9 Å². The number of aromatic nitrogens is 1. The van der Waals surface area contributed by atoms with Gasteiger partial charge in [0.15, 0.2) is 0 Å². The van der Waals surface area contributed by atoms with Crippen LogP contribution in [-0.4, -0.2) is 4.98 Å². The smallest absolute Gasteiger partial charge is 0.0709 e. The summed E-state index contributed by atoms with van der Waals surface area (Å²) in [6.07, 6.45) is 0. The summed E-state index contributed by atoms with van der Waals surface area (Å²) in [6.45, 7) is 0.431. The Balaban J connectivity index is 2.13. The van der Waals surface area contributed by atoms with Crippen LogP contribution in [0.5, 0.6) is 0 Å². The van der Waals surface area contributed by atoms with Crippen LogP contribution in [0.25, 0.3) is 22.2 Å². The van der Waals surface area contributed by atoms with E-state index in [1.54, 1.807) is 0 Å². The van der Waals surface area contributed by atoms with Gasteiger partial charge in [-0.1, -0.05) is 41.9 Å². The van der Waals surface area contributed by atoms with E-state index in [9.17, 15) is 0 Å². The van der Waals surface area contributed by atoms with E-state index in [1.807, 2.05) is 42.5 Å². The van der Waals surface area contributed by atoms with Crippen molar-refractivity contribution in [1.29, 1.82) is 0 Å². The van der Waals surface area contributed by atoms with Gasteiger partial charge in [0, 0.05) is 22.5 Å². The Morgan fingerprint density at radius 1 is 1.00 bits per heavy atom. The quantitative estimate of drug-likeness (QED) is 0.763. The lowest BCUT2D eigenvalue weighted by Gasteiger charge is -2.06. The summed E-state index contributed by atoms with van der Waals surface area (Å²) >= 11 is 6.08. The average Bonchev–Trinajstić information content (AvgIpc) is 2.47. The first-order valence-corrected chi connectivity index (χ1v) is 6.50. The third-order valence-corrected chi connectivity index (χ3v) is 3.53. The molecule has 2 aromatic carbocycles. The summed E-state index contributed by atoms with van der Waals surface area (Å²) in [7, 11) is 0. The second kappa shape index (κ2) is 5.00. The molecule has 2 nitrogen and oxygen atoms in total. The van der Waals surface area contributed by atoms with Gasteiger partial charge in [0.2, 0.25) is 0 Å². The number of hydrogen-bond acceptors (Lipinski definition) is 2. The molecular weight excluding hydrogens is 256 g/mol. The van der Waals surface area contributed by atoms with E-state index in [-0.39, 0.29) is 0 Å². The highest BCUT2D eigenvalue weighted by Crippen LogP contribution is 2.25. The molecule has 94 valence electrons. The Hall–Kier alpha value is -1.90. The zero-order valence-corrected chi connectivity index (χ0v) is 11.1. The van der Waals surface area contributed by atoms with Crippen LogP contribution < -0.4 is 5.73 Å². The molecule has 0 atom stereocenters. The summed E-state index contributed by atoms with van der Waals surface area (Å²) in [5.41, 5.74) is 9.59. The molecule has 0 spiro atoms. The molecule has 0 radical (unpaired) electrons. The molecule has 0 bridgehead atoms. The number of rotatable bonds is 2. The standard InChI is InChI=1S/C16H13ClN2/c17-14-7-5-12(9-13(14)10-18)16-8-6-11-3-1-2-4-15(11)19-16/h1-9H,10,18H2. The van der Waals surface area contributed by atoms with Crippen LogP contribution >= 0.6 is 11.6 Å². The first-order chi connectivity index (χ1) is 9.28. The molecule has 0 aliphatic carbocycles. The van der Waals surface area contributed by atoms with Crippen molar-refractivity contribution in [2.75, 3.05) is 0 Å². The zero-order valence-electron chi connectivity index (χ0n) is 10.3. The van der Waals surface area contributed by atoms with E-state index in [1.165, 1.54) is 0 Å². The van der Waals surface area contributed by atoms with Crippen molar-refractivity contribution in [3.05, 3.63) is 65.2 Å². The summed E-state index contributed by atoms with van der Waals surface area (Å²) in [4.78, 5) is 4.67. The molecule has 0 aliphatic rings. The van der Waals surface area contributed by atoms with Crippen LogP contribution in [0.3, 0.4) is 0 Å². The van der Waals surface area contributed by atoms with E-state index in [4.69, 9.17) is 17.3 Å². The van der Waals surface area contributed by atoms with E-state index >= 15 is 0 Å². The lowest BCUT2D eigenvalue weighted by molar-refractivity contribution is 1.07. The number of fused-ring (bicyclic) bond motifs is 1. The van der Waals surface area contributed by atoms with Gasteiger partial charge in [-0.25, -0.2) is 4.98 Å². The lowest BCUT2D eigenvalue weighted by Crippen LogP contribution is -1.97. The molecule has 3 rings (SSSR count). The maximum absolute atomic E-state index is 6.08. The molecule has 3 aromatic rings. The molecule has 0 fully saturated rings. The Bertz CT molecular complexity index is 738. The third-order valence-electron chi connectivity index (χ3n) is 3.16. The third kappa shape index (κ3) is 2.33. The highest BCUT2D eigenvalue weighted by atomic mass is 35.5. The fraction of sp³-hybridized carbons (Fsp3) is 0.0625. The van der Waals surface area contributed by atoms with Crippen LogP contribution in [-0.2, 0) is 6.54 Å². The molecule has 1 heterocycles. The first-order valence-electron chi connectivity index (χ1n) is 6.12. The molecule has 0 saturated heterocycles. The molecule has 0 unspecified atom stereocenters. The maximum Gasteiger partial charge on any atom is 0.0709 e. The van der Waals surface area contributed by atoms with Gasteiger partial charge >= 0.3 is 0 Å². The van der Waals surface area contributed by atoms with Crippen LogP contribution in [0.1, 0.15) is 5.56 Å². The van der Waals surface area contributed by atoms with Crippen molar-refractivity contribution in [2.24, 2.45) is 5.73 Å². The van der Waals surface area contributed by atoms with Gasteiger partial charge in [-0.3, -0.25) is 0 Å². The Morgan fingerprint density at radius 3 is 2.68 bits per heavy atom. The van der Waals surface area contributed by atoms with E-state index < -0.39 is 0 Å². The molecule has 2 N–H and O–H groups in total. The SMILES string of the molecule is NCc1cc(-c2ccc3ccccc3n2)ccc1Cl. The van der Waals surface area contributed by atoms with Crippen LogP contribution in [0.4, 0.5) is 0 Å². The first kappa shape index (κ1) is 12.2. The minimum atomic E-state index is 0.431. The average molecular weight is 269 g/mol. The number of nitrogens with zero attached hydrogens (tertiary/aromatic N) is 1. The van der Waals surface area contributed by atoms with Gasteiger partial charge in [0.05, 0.1) is 11.2 Å². The van der Waals surface area contributed by atoms with Crippen molar-refractivity contribution < 1.29 is 0 Å². The number of pyridine rings is 1. The lowest BCUT2D eigenvalue weighted by atomic mass is 10.1. The fourth-order valence-corrected chi connectivity index (χ4v) is 2.31. The summed E-state index contributed by atoms with van der Waals surface area (Å²) in [5.74, 6) is 0. The Kier molecular flexibility index (Phi) is 3.20. The largest absolute Gasteiger partial charge is 0.326 e. The molecular formula is C16H13ClN2. The summed E-state index contributed by atoms with van der Waals surface area (Å²) in [6, 6.07) is 18.0. The van der Waals surface area contributed by atoms with Gasteiger partial charge < -0.3 is 5.73 Å². The van der Waals surface area contributed by atoms with E-state index in [2.05, 4.69) is 17.1 Å². The van der Waals surface area contributed by atoms with Gasteiger partial charge in [-0.15, -0.1) is 0 Å². The van der Waals surface area contributed by atoms with Crippen molar-refractivity contribution in [2.45, 2.75) is 6.54 Å². The second-order valence-electron chi connectivity index (χ2n) is 4.40. The summed E-state index contributed by atoms with van der Waals surface area (Å²) < 4.78 is 0. The molecule has 0 amide bonds. The molecule has 0 saturated carbocycles. The highest BCUT2D eigenvalue weighted by Gasteiger charge is 2.04. The Morgan fingerprint density at radius 2 is 1.84 bits per heavy atom. The highest BCUT2D eigenvalue weighted by molar-refractivity contribution is 6.31. The number of nitrogens with two attached hydrogens (primary N) is 1. The van der Waals surface area contributed by atoms with Gasteiger partial charge in [-0.2, -0.15) is 0 Å². The van der Waals surface area contributed by atoms with Crippen molar-refractivity contribution in [1.82, 2.24) is 4.98 Å². The molecule has 1 aromatic heterocycles. The van der Waals surface area contributed by atoms with Crippen molar-refractivity contribution in [3.63, 3.8) is 0 Å². The van der Waals surface area contributed by atoms with Gasteiger partial charge in [-0.05, 0) is 29.8 Å². The molecule has 3 heteroatoms. The second-order valence-corrected chi connectivity index (χ2v) is 4.81. The number of benzene rings is 2. The maximum atomic E-state index is 6.08. The zero-order chi connectivity index (χ0) is 13.2. The van der Waals surface area contributed by atoms with Crippen molar-refractivity contribution >= 4 is 22.5 Å². The number of para-hydroxylation sites is 1. The fourth-order valence-electron chi connectivity index (χ4n) is 2.12. The monoisotopic (exact) mass is 268 g/mol. The van der Waals surface area contributed by atoms with Crippen LogP contribution in [0, 0.1) is 0 Å². The minimum absolute atomic E-state index is 0.431. The normalized spacial score (nSPS) is 10.8. The van der Waals surface area contributed by atoms with Crippen LogP contribution in [0.2, 0.25) is 5.02 Å². The Labute approximate surface area is 116 Å². The predicted molar refractivity (Wildman–Crippen MR) is 80.1 cm³/mol. The molecule has 0 aliphatic heterocycles. The molecule has 19 heavy (non-hydrogen) atoms. The summed E-state index contributed by atoms with van der Waals surface area (Å²) in [5, 5.41) is 1.84. The predicted octanol–water partition coefficient (Wildman–Crippen LogP) is 4.01. The number of halogens is 1. The minimum Gasteiger partial charge on any atom is -0.326 e. The van der Waals surface area contributed by atoms with E-state index in [0.717, 1.165) is 27.7 Å². The van der Waals surface area contributed by atoms with Gasteiger partial charge in [0.1, 0.15) is 0 Å². The van der Waals surface area contributed by atoms with E-state index in [0.29, 0.717) is 11.6 Å². The van der Waals surface area contributed by atoms with Crippen molar-refractivity contribution in [3.8, 4) is 11.3 Å². The number of hydrogen-bond donors (Lipinski definition) is 1. The van der Waals surface area contributed by atoms with Crippen LogP contribution in [0.15, 0.2) is 54.6 Å².